The summed E-state index contributed by atoms with van der Waals surface area (Å²) in [5.41, 5.74) is -0.598. The highest BCUT2D eigenvalue weighted by Gasteiger charge is 2.52. The van der Waals surface area contributed by atoms with E-state index in [-0.39, 0.29) is 29.4 Å². The molecule has 17 heavy (non-hydrogen) atoms. The first-order valence-corrected chi connectivity index (χ1v) is 5.56. The van der Waals surface area contributed by atoms with Crippen LogP contribution in [0.5, 0.6) is 0 Å². The summed E-state index contributed by atoms with van der Waals surface area (Å²) in [6.07, 6.45) is 1.40. The molecular formula is C13H18BNO2. The summed E-state index contributed by atoms with van der Waals surface area (Å²) in [5, 5.41) is 0. The highest BCUT2D eigenvalue weighted by molar-refractivity contribution is 6.61. The number of pyridine rings is 1. The van der Waals surface area contributed by atoms with Crippen LogP contribution in [0.3, 0.4) is 0 Å². The molecule has 1 aliphatic heterocycles. The molecule has 0 N–H and O–H groups in total. The second-order valence-corrected chi connectivity index (χ2v) is 5.05. The van der Waals surface area contributed by atoms with E-state index in [9.17, 15) is 0 Å². The first-order valence-electron chi connectivity index (χ1n) is 7.06. The maximum Gasteiger partial charge on any atom is 0.514 e. The number of nitrogens with zero attached hydrogens (tertiary/aromatic N) is 1. The molecule has 0 spiro atoms. The van der Waals surface area contributed by atoms with E-state index in [0.717, 1.165) is 0 Å². The quantitative estimate of drug-likeness (QED) is 0.733. The first kappa shape index (κ1) is 8.89. The summed E-state index contributed by atoms with van der Waals surface area (Å²) in [6, 6.07) is -0.441. The second-order valence-electron chi connectivity index (χ2n) is 5.05. The first-order chi connectivity index (χ1) is 9.10. The van der Waals surface area contributed by atoms with Gasteiger partial charge in [-0.25, -0.2) is 0 Å². The molecule has 1 fully saturated rings. The van der Waals surface area contributed by atoms with E-state index >= 15 is 0 Å². The van der Waals surface area contributed by atoms with Gasteiger partial charge in [-0.05, 0) is 45.9 Å². The second kappa shape index (κ2) is 3.96. The molecule has 1 aromatic heterocycles. The van der Waals surface area contributed by atoms with Gasteiger partial charge in [0.1, 0.15) is 0 Å². The van der Waals surface area contributed by atoms with Gasteiger partial charge in [0.15, 0.2) is 0 Å². The number of hydrogen-bond acceptors (Lipinski definition) is 3. The fraction of sp³-hybridized carbons (Fsp3) is 0.462. The summed E-state index contributed by atoms with van der Waals surface area (Å²) in [5.74, 6) is 0. The Labute approximate surface area is 107 Å². The Morgan fingerprint density at radius 1 is 1.29 bits per heavy atom. The van der Waals surface area contributed by atoms with Crippen molar-refractivity contribution < 1.29 is 13.4 Å². The zero-order chi connectivity index (χ0) is 15.3. The van der Waals surface area contributed by atoms with Crippen LogP contribution in [-0.4, -0.2) is 23.3 Å². The number of rotatable bonds is 2. The van der Waals surface area contributed by atoms with Gasteiger partial charge in [0.2, 0.25) is 0 Å². The third kappa shape index (κ3) is 2.15. The van der Waals surface area contributed by atoms with E-state index in [4.69, 9.17) is 13.4 Å². The van der Waals surface area contributed by atoms with Crippen LogP contribution in [-0.2, 0) is 9.31 Å². The average Bonchev–Trinajstić information content (AvgIpc) is 2.56. The van der Waals surface area contributed by atoms with Crippen LogP contribution in [0.25, 0.3) is 6.08 Å². The fourth-order valence-corrected chi connectivity index (χ4v) is 1.51. The van der Waals surface area contributed by atoms with Crippen molar-refractivity contribution in [2.45, 2.75) is 38.9 Å². The molecule has 0 aliphatic carbocycles. The maximum atomic E-state index is 7.97. The Kier molecular flexibility index (Phi) is 2.07. The van der Waals surface area contributed by atoms with Crippen molar-refractivity contribution >= 4 is 18.8 Å². The van der Waals surface area contributed by atoms with E-state index in [1.54, 1.807) is 0 Å². The standard InChI is InChI=1S/C13H18BNO2/c1-6-10-8-7-9-11(15-10)14-16-12(2,3)13(4,5)17-14/h6-9H,1H2,2-5H3/i7D,8D,9D. The van der Waals surface area contributed by atoms with Gasteiger partial charge in [-0.3, -0.25) is 4.98 Å². The van der Waals surface area contributed by atoms with Crippen molar-refractivity contribution in [2.75, 3.05) is 0 Å². The lowest BCUT2D eigenvalue weighted by molar-refractivity contribution is 0.00578. The summed E-state index contributed by atoms with van der Waals surface area (Å²) in [6.45, 7) is 11.2. The summed E-state index contributed by atoms with van der Waals surface area (Å²) in [4.78, 5) is 4.20. The van der Waals surface area contributed by atoms with Crippen molar-refractivity contribution in [1.29, 1.82) is 0 Å². The molecule has 0 amide bonds. The summed E-state index contributed by atoms with van der Waals surface area (Å²) in [7, 11) is -0.809. The van der Waals surface area contributed by atoms with Crippen molar-refractivity contribution in [1.82, 2.24) is 4.98 Å². The van der Waals surface area contributed by atoms with Gasteiger partial charge in [0, 0.05) is 0 Å². The Bertz CT molecular complexity index is 559. The monoisotopic (exact) mass is 234 g/mol. The van der Waals surface area contributed by atoms with Gasteiger partial charge in [-0.15, -0.1) is 0 Å². The normalized spacial score (nSPS) is 24.0. The molecule has 1 saturated heterocycles. The van der Waals surface area contributed by atoms with Gasteiger partial charge in [0.05, 0.1) is 26.6 Å². The van der Waals surface area contributed by atoms with Crippen LogP contribution in [0.2, 0.25) is 0 Å². The topological polar surface area (TPSA) is 31.4 Å². The van der Waals surface area contributed by atoms with E-state index in [1.807, 2.05) is 27.7 Å². The zero-order valence-corrected chi connectivity index (χ0v) is 10.6. The van der Waals surface area contributed by atoms with Crippen molar-refractivity contribution in [2.24, 2.45) is 0 Å². The van der Waals surface area contributed by atoms with Gasteiger partial charge in [0.25, 0.3) is 0 Å². The Balaban J connectivity index is 2.51. The van der Waals surface area contributed by atoms with Crippen LogP contribution in [0, 0.1) is 0 Å². The predicted octanol–water partition coefficient (Wildman–Crippen LogP) is 2.02. The summed E-state index contributed by atoms with van der Waals surface area (Å²) < 4.78 is 35.2. The van der Waals surface area contributed by atoms with Gasteiger partial charge in [-0.1, -0.05) is 12.6 Å². The third-order valence-electron chi connectivity index (χ3n) is 3.29. The molecule has 90 valence electrons. The Morgan fingerprint density at radius 3 is 2.41 bits per heavy atom. The molecule has 0 saturated carbocycles. The van der Waals surface area contributed by atoms with Crippen molar-refractivity contribution in [3.05, 3.63) is 30.4 Å². The average molecular weight is 234 g/mol. The molecule has 4 heteroatoms. The van der Waals surface area contributed by atoms with Gasteiger partial charge < -0.3 is 9.31 Å². The minimum Gasteiger partial charge on any atom is -0.398 e. The van der Waals surface area contributed by atoms with E-state index in [0.29, 0.717) is 0 Å². The van der Waals surface area contributed by atoms with Crippen LogP contribution in [0.1, 0.15) is 37.5 Å². The molecule has 0 atom stereocenters. The largest absolute Gasteiger partial charge is 0.514 e. The van der Waals surface area contributed by atoms with Crippen LogP contribution < -0.4 is 5.59 Å². The van der Waals surface area contributed by atoms with Crippen LogP contribution in [0.15, 0.2) is 24.7 Å². The molecule has 3 nitrogen and oxygen atoms in total. The number of hydrogen-bond donors (Lipinski definition) is 0. The Hall–Kier alpha value is -1.13. The fourth-order valence-electron chi connectivity index (χ4n) is 1.51. The third-order valence-corrected chi connectivity index (χ3v) is 3.29. The molecule has 1 aliphatic rings. The van der Waals surface area contributed by atoms with E-state index in [2.05, 4.69) is 11.6 Å². The summed E-state index contributed by atoms with van der Waals surface area (Å²) >= 11 is 0. The lowest BCUT2D eigenvalue weighted by Gasteiger charge is -2.32. The van der Waals surface area contributed by atoms with Crippen LogP contribution in [0.4, 0.5) is 0 Å². The minimum absolute atomic E-state index is 0.106. The highest BCUT2D eigenvalue weighted by Crippen LogP contribution is 2.36. The van der Waals surface area contributed by atoms with E-state index in [1.165, 1.54) is 6.08 Å². The zero-order valence-electron chi connectivity index (χ0n) is 13.6. The SMILES string of the molecule is [2H]c1c(C=C)nc(B2OC(C)(C)C(C)(C)O2)c([2H])c1[2H]. The molecule has 0 aromatic carbocycles. The lowest BCUT2D eigenvalue weighted by Crippen LogP contribution is -2.41. The number of aromatic nitrogens is 1. The predicted molar refractivity (Wildman–Crippen MR) is 70.0 cm³/mol. The molecule has 1 aromatic rings. The van der Waals surface area contributed by atoms with E-state index < -0.39 is 18.3 Å². The maximum absolute atomic E-state index is 7.97. The smallest absolute Gasteiger partial charge is 0.398 e. The molecular weight excluding hydrogens is 213 g/mol. The highest BCUT2D eigenvalue weighted by atomic mass is 16.7. The molecule has 2 rings (SSSR count). The molecule has 0 bridgehead atoms. The van der Waals surface area contributed by atoms with Gasteiger partial charge >= 0.3 is 7.12 Å². The molecule has 0 unspecified atom stereocenters. The van der Waals surface area contributed by atoms with Crippen molar-refractivity contribution in [3.63, 3.8) is 0 Å². The van der Waals surface area contributed by atoms with Gasteiger partial charge in [-0.2, -0.15) is 0 Å². The minimum atomic E-state index is -0.809. The van der Waals surface area contributed by atoms with Crippen LogP contribution >= 0.6 is 0 Å². The molecule has 2 heterocycles. The molecule has 0 radical (unpaired) electrons. The Morgan fingerprint density at radius 2 is 1.88 bits per heavy atom. The van der Waals surface area contributed by atoms with Crippen molar-refractivity contribution in [3.8, 4) is 0 Å². The lowest BCUT2D eigenvalue weighted by atomic mass is 9.84.